The van der Waals surface area contributed by atoms with Crippen molar-refractivity contribution < 1.29 is 5.11 Å². The zero-order chi connectivity index (χ0) is 11.7. The first-order valence-corrected chi connectivity index (χ1v) is 7.13. The van der Waals surface area contributed by atoms with E-state index in [1.54, 1.807) is 0 Å². The van der Waals surface area contributed by atoms with Gasteiger partial charge in [-0.2, -0.15) is 11.8 Å². The summed E-state index contributed by atoms with van der Waals surface area (Å²) < 4.78 is 0. The van der Waals surface area contributed by atoms with Crippen molar-refractivity contribution in [2.24, 2.45) is 5.92 Å². The molecule has 0 fully saturated rings. The van der Waals surface area contributed by atoms with Gasteiger partial charge in [0.05, 0.1) is 6.61 Å². The van der Waals surface area contributed by atoms with Crippen molar-refractivity contribution in [1.82, 2.24) is 5.32 Å². The van der Waals surface area contributed by atoms with Crippen LogP contribution in [-0.4, -0.2) is 35.8 Å². The van der Waals surface area contributed by atoms with Gasteiger partial charge in [-0.05, 0) is 43.7 Å². The smallest absolute Gasteiger partial charge is 0.0613 e. The Bertz CT molecular complexity index is 138. The van der Waals surface area contributed by atoms with E-state index in [9.17, 15) is 5.11 Å². The van der Waals surface area contributed by atoms with Gasteiger partial charge in [0.1, 0.15) is 0 Å². The fourth-order valence-electron chi connectivity index (χ4n) is 1.58. The number of aliphatic hydroxyl groups is 1. The second-order valence-corrected chi connectivity index (χ2v) is 5.76. The molecule has 2 N–H and O–H groups in total. The van der Waals surface area contributed by atoms with Crippen LogP contribution in [0.25, 0.3) is 0 Å². The number of thioether (sulfide) groups is 1. The van der Waals surface area contributed by atoms with Gasteiger partial charge in [-0.3, -0.25) is 0 Å². The van der Waals surface area contributed by atoms with E-state index < -0.39 is 0 Å². The summed E-state index contributed by atoms with van der Waals surface area (Å²) in [5.41, 5.74) is -0.0433. The predicted molar refractivity (Wildman–Crippen MR) is 70.6 cm³/mol. The highest BCUT2D eigenvalue weighted by Crippen LogP contribution is 2.19. The lowest BCUT2D eigenvalue weighted by atomic mass is 9.92. The van der Waals surface area contributed by atoms with Crippen LogP contribution >= 0.6 is 11.8 Å². The highest BCUT2D eigenvalue weighted by Gasteiger charge is 2.23. The molecule has 0 amide bonds. The molecule has 0 aliphatic carbocycles. The van der Waals surface area contributed by atoms with Gasteiger partial charge in [0.15, 0.2) is 0 Å². The third-order valence-electron chi connectivity index (χ3n) is 2.90. The summed E-state index contributed by atoms with van der Waals surface area (Å²) in [6.45, 7) is 6.89. The summed E-state index contributed by atoms with van der Waals surface area (Å²) in [6, 6.07) is 0. The van der Waals surface area contributed by atoms with Crippen molar-refractivity contribution in [3.8, 4) is 0 Å². The lowest BCUT2D eigenvalue weighted by Crippen LogP contribution is -2.45. The van der Waals surface area contributed by atoms with Crippen molar-refractivity contribution in [3.63, 3.8) is 0 Å². The maximum absolute atomic E-state index is 9.35. The quantitative estimate of drug-likeness (QED) is 0.600. The molecule has 0 aliphatic rings. The lowest BCUT2D eigenvalue weighted by Gasteiger charge is -2.30. The normalized spacial score (nSPS) is 15.6. The number of aliphatic hydroxyl groups excluding tert-OH is 1. The highest BCUT2D eigenvalue weighted by molar-refractivity contribution is 7.99. The Kier molecular flexibility index (Phi) is 8.58. The fraction of sp³-hybridized carbons (Fsp3) is 1.00. The van der Waals surface area contributed by atoms with Crippen molar-refractivity contribution in [2.45, 2.75) is 45.6 Å². The van der Waals surface area contributed by atoms with Crippen LogP contribution in [0.2, 0.25) is 0 Å². The third kappa shape index (κ3) is 6.44. The highest BCUT2D eigenvalue weighted by atomic mass is 32.2. The van der Waals surface area contributed by atoms with Crippen molar-refractivity contribution >= 4 is 11.8 Å². The zero-order valence-corrected chi connectivity index (χ0v) is 11.5. The number of nitrogens with one attached hydrogen (secondary N) is 1. The van der Waals surface area contributed by atoms with E-state index in [0.29, 0.717) is 0 Å². The van der Waals surface area contributed by atoms with Crippen LogP contribution in [-0.2, 0) is 0 Å². The van der Waals surface area contributed by atoms with E-state index in [2.05, 4.69) is 26.1 Å². The monoisotopic (exact) mass is 233 g/mol. The second-order valence-electron chi connectivity index (χ2n) is 4.61. The summed E-state index contributed by atoms with van der Waals surface area (Å²) in [7, 11) is 1.95. The molecule has 0 rings (SSSR count). The molecule has 0 saturated heterocycles. The lowest BCUT2D eigenvalue weighted by molar-refractivity contribution is 0.154. The molecule has 15 heavy (non-hydrogen) atoms. The van der Waals surface area contributed by atoms with Gasteiger partial charge in [-0.1, -0.05) is 20.8 Å². The Morgan fingerprint density at radius 2 is 2.07 bits per heavy atom. The first kappa shape index (κ1) is 15.3. The summed E-state index contributed by atoms with van der Waals surface area (Å²) in [6.07, 6.45) is 3.25. The molecule has 1 atom stereocenters. The van der Waals surface area contributed by atoms with Gasteiger partial charge < -0.3 is 10.4 Å². The van der Waals surface area contributed by atoms with Gasteiger partial charge in [0.25, 0.3) is 0 Å². The molecule has 0 spiro atoms. The van der Waals surface area contributed by atoms with Crippen molar-refractivity contribution in [3.05, 3.63) is 0 Å². The van der Waals surface area contributed by atoms with E-state index in [-0.39, 0.29) is 12.1 Å². The van der Waals surface area contributed by atoms with Gasteiger partial charge in [0, 0.05) is 5.54 Å². The summed E-state index contributed by atoms with van der Waals surface area (Å²) in [5, 5.41) is 12.6. The molecular weight excluding hydrogens is 206 g/mol. The van der Waals surface area contributed by atoms with Crippen LogP contribution in [0, 0.1) is 5.92 Å². The van der Waals surface area contributed by atoms with Crippen molar-refractivity contribution in [2.75, 3.05) is 25.2 Å². The number of hydrogen-bond acceptors (Lipinski definition) is 3. The van der Waals surface area contributed by atoms with Gasteiger partial charge >= 0.3 is 0 Å². The number of rotatable bonds is 9. The largest absolute Gasteiger partial charge is 0.394 e. The number of hydrogen-bond donors (Lipinski definition) is 2. The van der Waals surface area contributed by atoms with Gasteiger partial charge in [-0.25, -0.2) is 0 Å². The summed E-state index contributed by atoms with van der Waals surface area (Å²) in [4.78, 5) is 0. The van der Waals surface area contributed by atoms with Crippen LogP contribution < -0.4 is 5.32 Å². The molecule has 1 unspecified atom stereocenters. The molecule has 2 nitrogen and oxygen atoms in total. The Balaban J connectivity index is 3.63. The molecule has 0 aromatic rings. The zero-order valence-electron chi connectivity index (χ0n) is 10.7. The average Bonchev–Trinajstić information content (AvgIpc) is 2.24. The van der Waals surface area contributed by atoms with E-state index in [1.165, 1.54) is 17.9 Å². The predicted octanol–water partition coefficient (Wildman–Crippen LogP) is 2.52. The number of likely N-dealkylation sites (N-methyl/N-ethyl adjacent to an activating group) is 1. The second kappa shape index (κ2) is 8.43. The van der Waals surface area contributed by atoms with E-state index in [4.69, 9.17) is 0 Å². The van der Waals surface area contributed by atoms with Crippen LogP contribution in [0.5, 0.6) is 0 Å². The molecule has 0 aliphatic heterocycles. The molecular formula is C12H27NOS. The third-order valence-corrected chi connectivity index (χ3v) is 4.38. The molecule has 0 aromatic carbocycles. The summed E-state index contributed by atoms with van der Waals surface area (Å²) in [5.74, 6) is 3.24. The maximum atomic E-state index is 9.35. The summed E-state index contributed by atoms with van der Waals surface area (Å²) >= 11 is 2.02. The molecule has 0 saturated carbocycles. The van der Waals surface area contributed by atoms with Crippen LogP contribution in [0.3, 0.4) is 0 Å². The molecule has 0 radical (unpaired) electrons. The standard InChI is InChI=1S/C12H27NOS/c1-5-12(10-14,13-4)7-6-8-15-9-11(2)3/h11,13-14H,5-10H2,1-4H3. The fourth-order valence-corrected chi connectivity index (χ4v) is 2.57. The Hall–Kier alpha value is 0.270. The average molecular weight is 233 g/mol. The molecule has 0 bridgehead atoms. The first-order valence-electron chi connectivity index (χ1n) is 5.97. The maximum Gasteiger partial charge on any atom is 0.0613 e. The van der Waals surface area contributed by atoms with Gasteiger partial charge in [0.2, 0.25) is 0 Å². The first-order chi connectivity index (χ1) is 7.10. The molecule has 0 heterocycles. The molecule has 92 valence electrons. The van der Waals surface area contributed by atoms with Crippen molar-refractivity contribution in [1.29, 1.82) is 0 Å². The Labute approximate surface area is 99.2 Å². The van der Waals surface area contributed by atoms with Crippen LogP contribution in [0.4, 0.5) is 0 Å². The molecule has 3 heteroatoms. The minimum Gasteiger partial charge on any atom is -0.394 e. The Morgan fingerprint density at radius 1 is 1.40 bits per heavy atom. The molecule has 0 aromatic heterocycles. The SMILES string of the molecule is CCC(CO)(CCCSCC(C)C)NC. The minimum absolute atomic E-state index is 0.0433. The van der Waals surface area contributed by atoms with Gasteiger partial charge in [-0.15, -0.1) is 0 Å². The minimum atomic E-state index is -0.0433. The topological polar surface area (TPSA) is 32.3 Å². The van der Waals surface area contributed by atoms with Crippen LogP contribution in [0.15, 0.2) is 0 Å². The van der Waals surface area contributed by atoms with E-state index >= 15 is 0 Å². The van der Waals surface area contributed by atoms with E-state index in [1.807, 2.05) is 18.8 Å². The van der Waals surface area contributed by atoms with Crippen LogP contribution in [0.1, 0.15) is 40.0 Å². The van der Waals surface area contributed by atoms with E-state index in [0.717, 1.165) is 18.8 Å². The Morgan fingerprint density at radius 3 is 2.47 bits per heavy atom.